The molecule has 118 valence electrons. The Kier molecular flexibility index (Phi) is 6.69. The van der Waals surface area contributed by atoms with Crippen molar-refractivity contribution in [3.8, 4) is 0 Å². The van der Waals surface area contributed by atoms with E-state index in [0.29, 0.717) is 18.7 Å². The topological polar surface area (TPSA) is 61.4 Å². The fourth-order valence-electron chi connectivity index (χ4n) is 2.28. The molecule has 0 aliphatic heterocycles. The van der Waals surface area contributed by atoms with Crippen molar-refractivity contribution in [3.63, 3.8) is 0 Å². The lowest BCUT2D eigenvalue weighted by Crippen LogP contribution is -2.32. The number of nitrogens with one attached hydrogen (secondary N) is 2. The van der Waals surface area contributed by atoms with Crippen LogP contribution in [-0.4, -0.2) is 30.7 Å². The zero-order valence-corrected chi connectivity index (χ0v) is 13.6. The summed E-state index contributed by atoms with van der Waals surface area (Å²) in [5.74, 6) is -0.0556. The Morgan fingerprint density at radius 1 is 1.24 bits per heavy atom. The first-order chi connectivity index (χ1) is 10.0. The van der Waals surface area contributed by atoms with E-state index >= 15 is 0 Å². The van der Waals surface area contributed by atoms with Gasteiger partial charge in [-0.15, -0.1) is 0 Å². The van der Waals surface area contributed by atoms with Gasteiger partial charge in [0.2, 0.25) is 0 Å². The SMILES string of the molecule is CCNC(=O)c1ccc(C)c(NCC(CC)(CC)CO)c1. The van der Waals surface area contributed by atoms with Crippen LogP contribution in [0.15, 0.2) is 18.2 Å². The lowest BCUT2D eigenvalue weighted by molar-refractivity contribution is 0.0956. The fraction of sp³-hybridized carbons (Fsp3) is 0.588. The molecule has 0 bridgehead atoms. The van der Waals surface area contributed by atoms with E-state index in [9.17, 15) is 9.90 Å². The van der Waals surface area contributed by atoms with Crippen LogP contribution in [0.1, 0.15) is 49.5 Å². The molecule has 0 heterocycles. The number of carbonyl (C=O) groups is 1. The highest BCUT2D eigenvalue weighted by Crippen LogP contribution is 2.27. The van der Waals surface area contributed by atoms with Gasteiger partial charge in [0, 0.05) is 29.8 Å². The molecule has 21 heavy (non-hydrogen) atoms. The van der Waals surface area contributed by atoms with Gasteiger partial charge in [0.15, 0.2) is 0 Å². The minimum absolute atomic E-state index is 0.0556. The van der Waals surface area contributed by atoms with E-state index in [1.807, 2.05) is 32.0 Å². The summed E-state index contributed by atoms with van der Waals surface area (Å²) in [5.41, 5.74) is 2.61. The molecule has 1 aromatic rings. The molecule has 0 radical (unpaired) electrons. The Morgan fingerprint density at radius 2 is 1.90 bits per heavy atom. The van der Waals surface area contributed by atoms with Gasteiger partial charge in [-0.1, -0.05) is 19.9 Å². The Hall–Kier alpha value is -1.55. The maximum absolute atomic E-state index is 11.9. The number of aliphatic hydroxyl groups excluding tert-OH is 1. The van der Waals surface area contributed by atoms with E-state index < -0.39 is 0 Å². The zero-order chi connectivity index (χ0) is 15.9. The monoisotopic (exact) mass is 292 g/mol. The quantitative estimate of drug-likeness (QED) is 0.690. The van der Waals surface area contributed by atoms with E-state index in [2.05, 4.69) is 24.5 Å². The number of aryl methyl sites for hydroxylation is 1. The van der Waals surface area contributed by atoms with Crippen LogP contribution in [0.2, 0.25) is 0 Å². The standard InChI is InChI=1S/C17H28N2O2/c1-5-17(6-2,12-20)11-19-15-10-14(9-8-13(15)4)16(21)18-7-3/h8-10,19-20H,5-7,11-12H2,1-4H3,(H,18,21). The molecule has 1 amide bonds. The predicted octanol–water partition coefficient (Wildman–Crippen LogP) is 2.96. The minimum atomic E-state index is -0.103. The van der Waals surface area contributed by atoms with Gasteiger partial charge in [0.25, 0.3) is 5.91 Å². The molecular formula is C17H28N2O2. The highest BCUT2D eigenvalue weighted by Gasteiger charge is 2.25. The van der Waals surface area contributed by atoms with Crippen LogP contribution in [0.25, 0.3) is 0 Å². The van der Waals surface area contributed by atoms with Gasteiger partial charge < -0.3 is 15.7 Å². The number of rotatable bonds is 8. The number of hydrogen-bond donors (Lipinski definition) is 3. The van der Waals surface area contributed by atoms with Crippen LogP contribution in [0.4, 0.5) is 5.69 Å². The maximum atomic E-state index is 11.9. The van der Waals surface area contributed by atoms with Gasteiger partial charge in [-0.2, -0.15) is 0 Å². The Labute approximate surface area is 128 Å². The van der Waals surface area contributed by atoms with Gasteiger partial charge in [-0.3, -0.25) is 4.79 Å². The summed E-state index contributed by atoms with van der Waals surface area (Å²) < 4.78 is 0. The number of benzene rings is 1. The lowest BCUT2D eigenvalue weighted by Gasteiger charge is -2.30. The molecule has 0 atom stereocenters. The molecule has 4 heteroatoms. The van der Waals surface area contributed by atoms with Gasteiger partial charge in [-0.05, 0) is 44.4 Å². The normalized spacial score (nSPS) is 11.3. The number of amides is 1. The highest BCUT2D eigenvalue weighted by atomic mass is 16.3. The molecule has 0 unspecified atom stereocenters. The van der Waals surface area contributed by atoms with Gasteiger partial charge >= 0.3 is 0 Å². The third-order valence-electron chi connectivity index (χ3n) is 4.33. The second-order valence-corrected chi connectivity index (χ2v) is 5.61. The van der Waals surface area contributed by atoms with Gasteiger partial charge in [0.1, 0.15) is 0 Å². The lowest BCUT2D eigenvalue weighted by atomic mass is 9.83. The molecule has 3 N–H and O–H groups in total. The predicted molar refractivity (Wildman–Crippen MR) is 87.8 cm³/mol. The molecule has 4 nitrogen and oxygen atoms in total. The summed E-state index contributed by atoms with van der Waals surface area (Å²) in [5, 5.41) is 15.8. The van der Waals surface area contributed by atoms with Crippen LogP contribution in [0.3, 0.4) is 0 Å². The third kappa shape index (κ3) is 4.46. The third-order valence-corrected chi connectivity index (χ3v) is 4.33. The van der Waals surface area contributed by atoms with Crippen LogP contribution in [0.5, 0.6) is 0 Å². The first-order valence-corrected chi connectivity index (χ1v) is 7.75. The average molecular weight is 292 g/mol. The van der Waals surface area contributed by atoms with Crippen molar-refractivity contribution in [2.24, 2.45) is 5.41 Å². The molecule has 1 rings (SSSR count). The largest absolute Gasteiger partial charge is 0.396 e. The molecule has 0 saturated carbocycles. The first-order valence-electron chi connectivity index (χ1n) is 7.75. The molecule has 0 fully saturated rings. The van der Waals surface area contributed by atoms with Crippen LogP contribution >= 0.6 is 0 Å². The van der Waals surface area contributed by atoms with Crippen molar-refractivity contribution in [1.82, 2.24) is 5.32 Å². The summed E-state index contributed by atoms with van der Waals surface area (Å²) in [7, 11) is 0. The van der Waals surface area contributed by atoms with E-state index in [1.54, 1.807) is 0 Å². The maximum Gasteiger partial charge on any atom is 0.251 e. The summed E-state index contributed by atoms with van der Waals surface area (Å²) >= 11 is 0. The number of hydrogen-bond acceptors (Lipinski definition) is 3. The number of aliphatic hydroxyl groups is 1. The van der Waals surface area contributed by atoms with Crippen LogP contribution in [-0.2, 0) is 0 Å². The summed E-state index contributed by atoms with van der Waals surface area (Å²) in [4.78, 5) is 11.9. The van der Waals surface area contributed by atoms with Crippen LogP contribution in [0, 0.1) is 12.3 Å². The van der Waals surface area contributed by atoms with Crippen molar-refractivity contribution in [2.45, 2.75) is 40.5 Å². The van der Waals surface area contributed by atoms with Crippen molar-refractivity contribution < 1.29 is 9.90 Å². The number of carbonyl (C=O) groups excluding carboxylic acids is 1. The van der Waals surface area contributed by atoms with E-state index in [0.717, 1.165) is 24.1 Å². The summed E-state index contributed by atoms with van der Waals surface area (Å²) in [6.45, 7) is 9.61. The zero-order valence-electron chi connectivity index (χ0n) is 13.6. The van der Waals surface area contributed by atoms with Gasteiger partial charge in [0.05, 0.1) is 6.61 Å². The average Bonchev–Trinajstić information content (AvgIpc) is 2.51. The van der Waals surface area contributed by atoms with E-state index in [4.69, 9.17) is 0 Å². The summed E-state index contributed by atoms with van der Waals surface area (Å²) in [6.07, 6.45) is 1.84. The van der Waals surface area contributed by atoms with Gasteiger partial charge in [-0.25, -0.2) is 0 Å². The van der Waals surface area contributed by atoms with Crippen molar-refractivity contribution in [1.29, 1.82) is 0 Å². The second-order valence-electron chi connectivity index (χ2n) is 5.61. The van der Waals surface area contributed by atoms with Crippen molar-refractivity contribution >= 4 is 11.6 Å². The molecule has 0 aliphatic rings. The molecule has 0 aromatic heterocycles. The second kappa shape index (κ2) is 8.03. The Morgan fingerprint density at radius 3 is 2.43 bits per heavy atom. The van der Waals surface area contributed by atoms with Crippen LogP contribution < -0.4 is 10.6 Å². The van der Waals surface area contributed by atoms with Crippen molar-refractivity contribution in [2.75, 3.05) is 25.0 Å². The highest BCUT2D eigenvalue weighted by molar-refractivity contribution is 5.95. The molecule has 0 spiro atoms. The summed E-state index contributed by atoms with van der Waals surface area (Å²) in [6, 6.07) is 5.67. The Bertz CT molecular complexity index is 460. The Balaban J connectivity index is 2.87. The molecule has 0 saturated heterocycles. The fourth-order valence-corrected chi connectivity index (χ4v) is 2.28. The minimum Gasteiger partial charge on any atom is -0.396 e. The first kappa shape index (κ1) is 17.5. The number of anilines is 1. The molecule has 1 aromatic carbocycles. The molecular weight excluding hydrogens is 264 g/mol. The molecule has 0 aliphatic carbocycles. The smallest absolute Gasteiger partial charge is 0.251 e. The van der Waals surface area contributed by atoms with E-state index in [-0.39, 0.29) is 17.9 Å². The van der Waals surface area contributed by atoms with E-state index in [1.165, 1.54) is 0 Å². The van der Waals surface area contributed by atoms with Crippen molar-refractivity contribution in [3.05, 3.63) is 29.3 Å².